The lowest BCUT2D eigenvalue weighted by Gasteiger charge is -2.24. The molecule has 3 atom stereocenters. The first-order valence-corrected chi connectivity index (χ1v) is 9.81. The summed E-state index contributed by atoms with van der Waals surface area (Å²) in [7, 11) is 1.52. The molecule has 0 aliphatic rings. The lowest BCUT2D eigenvalue weighted by Crippen LogP contribution is -2.32. The summed E-state index contributed by atoms with van der Waals surface area (Å²) < 4.78 is 5.91. The zero-order chi connectivity index (χ0) is 19.7. The summed E-state index contributed by atoms with van der Waals surface area (Å²) in [6.07, 6.45) is 4.73. The van der Waals surface area contributed by atoms with Gasteiger partial charge in [0.15, 0.2) is 11.5 Å². The summed E-state index contributed by atoms with van der Waals surface area (Å²) in [6, 6.07) is 3.66. The third-order valence-corrected chi connectivity index (χ3v) is 5.14. The van der Waals surface area contributed by atoms with Gasteiger partial charge in [0.05, 0.1) is 29.5 Å². The number of aliphatic hydroxyl groups excluding tert-OH is 3. The van der Waals surface area contributed by atoms with Crippen LogP contribution >= 0.6 is 22.6 Å². The van der Waals surface area contributed by atoms with Crippen molar-refractivity contribution in [1.29, 1.82) is 0 Å². The summed E-state index contributed by atoms with van der Waals surface area (Å²) in [5, 5.41) is 39.1. The number of rotatable bonds is 11. The number of phenolic OH excluding ortho intramolecular Hbond substituents is 1. The van der Waals surface area contributed by atoms with Crippen molar-refractivity contribution in [3.05, 3.63) is 39.5 Å². The van der Waals surface area contributed by atoms with Crippen LogP contribution in [0.15, 0.2) is 30.4 Å². The van der Waals surface area contributed by atoms with Gasteiger partial charge in [0, 0.05) is 5.92 Å². The lowest BCUT2D eigenvalue weighted by molar-refractivity contribution is 0.00209. The predicted octanol–water partition coefficient (Wildman–Crippen LogP) is 3.49. The van der Waals surface area contributed by atoms with Crippen molar-refractivity contribution in [2.75, 3.05) is 13.7 Å². The highest BCUT2D eigenvalue weighted by Crippen LogP contribution is 2.33. The van der Waals surface area contributed by atoms with Crippen molar-refractivity contribution in [2.24, 2.45) is 5.92 Å². The summed E-state index contributed by atoms with van der Waals surface area (Å²) >= 11 is 2.06. The van der Waals surface area contributed by atoms with Gasteiger partial charge in [-0.25, -0.2) is 0 Å². The molecule has 0 fully saturated rings. The molecule has 1 rings (SSSR count). The van der Waals surface area contributed by atoms with Crippen LogP contribution in [0.25, 0.3) is 6.08 Å². The SMILES string of the molecule is C=C[C@@H]([C@H](O)CO)[C@H](O)CC/C(=C/c1cc(I)c(O)c(OC)c1)CCC. The van der Waals surface area contributed by atoms with Crippen LogP contribution in [0.3, 0.4) is 0 Å². The van der Waals surface area contributed by atoms with Crippen molar-refractivity contribution in [3.63, 3.8) is 0 Å². The Morgan fingerprint density at radius 2 is 1.96 bits per heavy atom. The number of methoxy groups -OCH3 is 1. The molecule has 26 heavy (non-hydrogen) atoms. The van der Waals surface area contributed by atoms with Crippen LogP contribution < -0.4 is 4.74 Å². The standard InChI is InChI=1S/C20H29IO5/c1-4-6-13(7-8-17(23)15(5-2)18(24)12-22)9-14-10-16(21)20(25)19(11-14)26-3/h5,9-11,15,17-18,22-25H,2,4,6-8,12H2,1,3H3/b13-9+/t15-,17-,18-/m1/s1. The van der Waals surface area contributed by atoms with Gasteiger partial charge in [-0.1, -0.05) is 31.1 Å². The van der Waals surface area contributed by atoms with Gasteiger partial charge in [0.25, 0.3) is 0 Å². The van der Waals surface area contributed by atoms with Crippen molar-refractivity contribution in [2.45, 2.75) is 44.8 Å². The van der Waals surface area contributed by atoms with E-state index in [0.29, 0.717) is 22.2 Å². The third kappa shape index (κ3) is 6.57. The molecule has 0 saturated carbocycles. The van der Waals surface area contributed by atoms with Crippen LogP contribution in [0.2, 0.25) is 0 Å². The highest BCUT2D eigenvalue weighted by atomic mass is 127. The number of hydrogen-bond acceptors (Lipinski definition) is 5. The van der Waals surface area contributed by atoms with Gasteiger partial charge in [-0.15, -0.1) is 6.58 Å². The van der Waals surface area contributed by atoms with E-state index in [-0.39, 0.29) is 5.75 Å². The Labute approximate surface area is 169 Å². The maximum absolute atomic E-state index is 10.3. The second-order valence-electron chi connectivity index (χ2n) is 6.28. The summed E-state index contributed by atoms with van der Waals surface area (Å²) in [5.74, 6) is -0.000978. The van der Waals surface area contributed by atoms with E-state index in [9.17, 15) is 15.3 Å². The first-order chi connectivity index (χ1) is 12.4. The van der Waals surface area contributed by atoms with E-state index in [1.165, 1.54) is 13.2 Å². The Hall–Kier alpha value is -1.09. The van der Waals surface area contributed by atoms with Gasteiger partial charge >= 0.3 is 0 Å². The van der Waals surface area contributed by atoms with Crippen LogP contribution in [0, 0.1) is 9.49 Å². The Balaban J connectivity index is 2.93. The minimum Gasteiger partial charge on any atom is -0.504 e. The zero-order valence-corrected chi connectivity index (χ0v) is 17.5. The number of allylic oxidation sites excluding steroid dienone is 1. The molecule has 0 unspecified atom stereocenters. The van der Waals surface area contributed by atoms with Gasteiger partial charge in [-0.2, -0.15) is 0 Å². The van der Waals surface area contributed by atoms with E-state index < -0.39 is 24.7 Å². The highest BCUT2D eigenvalue weighted by molar-refractivity contribution is 14.1. The Kier molecular flexibility index (Phi) is 10.2. The van der Waals surface area contributed by atoms with E-state index in [4.69, 9.17) is 9.84 Å². The molecule has 146 valence electrons. The number of ether oxygens (including phenoxy) is 1. The number of hydrogen-bond donors (Lipinski definition) is 4. The molecule has 0 saturated heterocycles. The minimum atomic E-state index is -1.01. The molecule has 1 aromatic carbocycles. The van der Waals surface area contributed by atoms with Crippen molar-refractivity contribution in [3.8, 4) is 11.5 Å². The van der Waals surface area contributed by atoms with Crippen LogP contribution in [0.5, 0.6) is 11.5 Å². The first-order valence-electron chi connectivity index (χ1n) is 8.73. The smallest absolute Gasteiger partial charge is 0.171 e. The second kappa shape index (κ2) is 11.6. The first kappa shape index (κ1) is 23.0. The molecule has 0 bridgehead atoms. The molecule has 0 spiro atoms. The van der Waals surface area contributed by atoms with Crippen molar-refractivity contribution in [1.82, 2.24) is 0 Å². The molecule has 0 amide bonds. The molecule has 0 aliphatic heterocycles. The fraction of sp³-hybridized carbons (Fsp3) is 0.500. The minimum absolute atomic E-state index is 0.129. The van der Waals surface area contributed by atoms with E-state index in [1.54, 1.807) is 6.07 Å². The fourth-order valence-corrected chi connectivity index (χ4v) is 3.50. The van der Waals surface area contributed by atoms with Gasteiger partial charge in [0.1, 0.15) is 0 Å². The molecule has 1 aromatic rings. The number of phenols is 1. The van der Waals surface area contributed by atoms with E-state index in [2.05, 4.69) is 36.1 Å². The van der Waals surface area contributed by atoms with Crippen LogP contribution in [-0.2, 0) is 0 Å². The van der Waals surface area contributed by atoms with Crippen molar-refractivity contribution < 1.29 is 25.2 Å². The second-order valence-corrected chi connectivity index (χ2v) is 7.44. The zero-order valence-electron chi connectivity index (χ0n) is 15.4. The molecule has 4 N–H and O–H groups in total. The topological polar surface area (TPSA) is 90.2 Å². The van der Waals surface area contributed by atoms with Gasteiger partial charge in [0.2, 0.25) is 0 Å². The molecule has 0 heterocycles. The number of benzene rings is 1. The quantitative estimate of drug-likeness (QED) is 0.290. The van der Waals surface area contributed by atoms with E-state index >= 15 is 0 Å². The van der Waals surface area contributed by atoms with E-state index in [0.717, 1.165) is 24.0 Å². The van der Waals surface area contributed by atoms with Crippen molar-refractivity contribution >= 4 is 28.7 Å². The highest BCUT2D eigenvalue weighted by Gasteiger charge is 2.23. The largest absolute Gasteiger partial charge is 0.504 e. The predicted molar refractivity (Wildman–Crippen MR) is 112 cm³/mol. The molecule has 0 radical (unpaired) electrons. The Morgan fingerprint density at radius 3 is 2.50 bits per heavy atom. The summed E-state index contributed by atoms with van der Waals surface area (Å²) in [5.41, 5.74) is 2.09. The Bertz CT molecular complexity index is 614. The molecule has 6 heteroatoms. The number of aliphatic hydroxyl groups is 3. The summed E-state index contributed by atoms with van der Waals surface area (Å²) in [4.78, 5) is 0. The maximum atomic E-state index is 10.3. The molecule has 0 aliphatic carbocycles. The maximum Gasteiger partial charge on any atom is 0.171 e. The molecular weight excluding hydrogens is 447 g/mol. The lowest BCUT2D eigenvalue weighted by atomic mass is 9.90. The number of halogens is 1. The van der Waals surface area contributed by atoms with Crippen LogP contribution in [0.4, 0.5) is 0 Å². The van der Waals surface area contributed by atoms with Gasteiger partial charge in [-0.3, -0.25) is 0 Å². The Morgan fingerprint density at radius 1 is 1.27 bits per heavy atom. The normalized spacial score (nSPS) is 15.4. The van der Waals surface area contributed by atoms with Crippen LogP contribution in [0.1, 0.15) is 38.2 Å². The molecule has 5 nitrogen and oxygen atoms in total. The third-order valence-electron chi connectivity index (χ3n) is 4.32. The average molecular weight is 476 g/mol. The van der Waals surface area contributed by atoms with E-state index in [1.807, 2.05) is 12.1 Å². The fourth-order valence-electron chi connectivity index (χ4n) is 2.88. The molecular formula is C20H29IO5. The van der Waals surface area contributed by atoms with Gasteiger partial charge < -0.3 is 25.2 Å². The van der Waals surface area contributed by atoms with Crippen LogP contribution in [-0.4, -0.2) is 46.4 Å². The summed E-state index contributed by atoms with van der Waals surface area (Å²) in [6.45, 7) is 5.32. The monoisotopic (exact) mass is 476 g/mol. The average Bonchev–Trinajstić information content (AvgIpc) is 2.63. The van der Waals surface area contributed by atoms with Gasteiger partial charge in [-0.05, 0) is 59.5 Å². The number of aromatic hydroxyl groups is 1. The molecule has 0 aromatic heterocycles.